The van der Waals surface area contributed by atoms with Crippen LogP contribution in [-0.4, -0.2) is 11.1 Å². The number of carbonyl (C=O) groups is 1. The van der Waals surface area contributed by atoms with Crippen LogP contribution in [0.4, 0.5) is 4.39 Å². The molecule has 1 aromatic carbocycles. The summed E-state index contributed by atoms with van der Waals surface area (Å²) in [6.07, 6.45) is 1.78. The lowest BCUT2D eigenvalue weighted by Gasteiger charge is -2.11. The van der Waals surface area contributed by atoms with Crippen molar-refractivity contribution < 1.29 is 14.3 Å². The second-order valence-corrected chi connectivity index (χ2v) is 4.85. The molecule has 0 unspecified atom stereocenters. The maximum Gasteiger partial charge on any atom is 0.309 e. The minimum atomic E-state index is -0.779. The summed E-state index contributed by atoms with van der Waals surface area (Å²) in [6, 6.07) is 4.36. The molecule has 80 valence electrons. The summed E-state index contributed by atoms with van der Waals surface area (Å²) in [5.74, 6) is -1.10. The molecule has 1 aromatic rings. The first kappa shape index (κ1) is 10.6. The second-order valence-electron chi connectivity index (χ2n) is 4.00. The van der Waals surface area contributed by atoms with Gasteiger partial charge in [0.05, 0.1) is 5.41 Å². The monoisotopic (exact) mass is 272 g/mol. The predicted molar refractivity (Wildman–Crippen MR) is 57.1 cm³/mol. The summed E-state index contributed by atoms with van der Waals surface area (Å²) in [7, 11) is 0. The SMILES string of the molecule is O=C(O)C1(Cc2cc(F)ccc2Br)CC1. The molecule has 0 spiro atoms. The van der Waals surface area contributed by atoms with Crippen LogP contribution in [0.3, 0.4) is 0 Å². The zero-order valence-electron chi connectivity index (χ0n) is 7.96. The third kappa shape index (κ3) is 2.04. The first-order chi connectivity index (χ1) is 7.03. The quantitative estimate of drug-likeness (QED) is 0.919. The van der Waals surface area contributed by atoms with Gasteiger partial charge in [-0.15, -0.1) is 0 Å². The molecule has 1 saturated carbocycles. The van der Waals surface area contributed by atoms with Crippen LogP contribution in [0.25, 0.3) is 0 Å². The zero-order valence-corrected chi connectivity index (χ0v) is 9.55. The van der Waals surface area contributed by atoms with Gasteiger partial charge in [-0.1, -0.05) is 15.9 Å². The van der Waals surface area contributed by atoms with Crippen LogP contribution in [0.1, 0.15) is 18.4 Å². The van der Waals surface area contributed by atoms with Crippen LogP contribution in [0.15, 0.2) is 22.7 Å². The van der Waals surface area contributed by atoms with E-state index in [9.17, 15) is 9.18 Å². The van der Waals surface area contributed by atoms with Gasteiger partial charge >= 0.3 is 5.97 Å². The number of hydrogen-bond acceptors (Lipinski definition) is 1. The van der Waals surface area contributed by atoms with E-state index in [-0.39, 0.29) is 5.82 Å². The zero-order chi connectivity index (χ0) is 11.1. The Balaban J connectivity index is 2.24. The average Bonchev–Trinajstić information content (AvgIpc) is 2.92. The maximum atomic E-state index is 13.0. The molecule has 2 nitrogen and oxygen atoms in total. The second kappa shape index (κ2) is 3.59. The van der Waals surface area contributed by atoms with Crippen LogP contribution in [-0.2, 0) is 11.2 Å². The van der Waals surface area contributed by atoms with Crippen molar-refractivity contribution in [2.45, 2.75) is 19.3 Å². The van der Waals surface area contributed by atoms with E-state index in [1.54, 1.807) is 6.07 Å². The van der Waals surface area contributed by atoms with Gasteiger partial charge in [0, 0.05) is 4.47 Å². The smallest absolute Gasteiger partial charge is 0.309 e. The van der Waals surface area contributed by atoms with Crippen LogP contribution < -0.4 is 0 Å². The Morgan fingerprint density at radius 3 is 2.73 bits per heavy atom. The van der Waals surface area contributed by atoms with Crippen LogP contribution in [0.5, 0.6) is 0 Å². The highest BCUT2D eigenvalue weighted by molar-refractivity contribution is 9.10. The molecule has 1 N–H and O–H groups in total. The van der Waals surface area contributed by atoms with E-state index in [1.807, 2.05) is 0 Å². The molecule has 0 radical (unpaired) electrons. The topological polar surface area (TPSA) is 37.3 Å². The van der Waals surface area contributed by atoms with Gasteiger partial charge in [0.1, 0.15) is 5.82 Å². The highest BCUT2D eigenvalue weighted by Crippen LogP contribution is 2.49. The third-order valence-corrected chi connectivity index (χ3v) is 3.62. The number of carboxylic acids is 1. The van der Waals surface area contributed by atoms with Crippen molar-refractivity contribution in [3.05, 3.63) is 34.1 Å². The Labute approximate surface area is 95.2 Å². The minimum Gasteiger partial charge on any atom is -0.481 e. The van der Waals surface area contributed by atoms with Crippen molar-refractivity contribution in [3.8, 4) is 0 Å². The summed E-state index contributed by atoms with van der Waals surface area (Å²) >= 11 is 3.30. The van der Waals surface area contributed by atoms with E-state index in [0.717, 1.165) is 10.0 Å². The molecule has 1 fully saturated rings. The number of benzene rings is 1. The van der Waals surface area contributed by atoms with Gasteiger partial charge in [0.25, 0.3) is 0 Å². The first-order valence-corrected chi connectivity index (χ1v) is 5.50. The molecule has 2 rings (SSSR count). The summed E-state index contributed by atoms with van der Waals surface area (Å²) in [5, 5.41) is 9.02. The molecule has 0 atom stereocenters. The van der Waals surface area contributed by atoms with Crippen LogP contribution in [0, 0.1) is 11.2 Å². The Hall–Kier alpha value is -0.900. The highest BCUT2D eigenvalue weighted by Gasteiger charge is 2.50. The fraction of sp³-hybridized carbons (Fsp3) is 0.364. The number of rotatable bonds is 3. The largest absolute Gasteiger partial charge is 0.481 e. The van der Waals surface area contributed by atoms with Crippen molar-refractivity contribution in [2.24, 2.45) is 5.41 Å². The van der Waals surface area contributed by atoms with Gasteiger partial charge in [0.15, 0.2) is 0 Å². The average molecular weight is 273 g/mol. The van der Waals surface area contributed by atoms with E-state index in [4.69, 9.17) is 5.11 Å². The Morgan fingerprint density at radius 2 is 2.20 bits per heavy atom. The molecule has 0 heterocycles. The van der Waals surface area contributed by atoms with E-state index in [2.05, 4.69) is 15.9 Å². The van der Waals surface area contributed by atoms with E-state index >= 15 is 0 Å². The maximum absolute atomic E-state index is 13.0. The standard InChI is InChI=1S/C11H10BrFO2/c12-9-2-1-8(13)5-7(9)6-11(3-4-11)10(14)15/h1-2,5H,3-4,6H2,(H,14,15). The lowest BCUT2D eigenvalue weighted by atomic mass is 9.97. The minimum absolute atomic E-state index is 0.325. The Kier molecular flexibility index (Phi) is 2.54. The van der Waals surface area contributed by atoms with Crippen LogP contribution >= 0.6 is 15.9 Å². The number of aliphatic carboxylic acids is 1. The van der Waals surface area contributed by atoms with E-state index in [0.29, 0.717) is 19.3 Å². The molecule has 1 aliphatic carbocycles. The summed E-state index contributed by atoms with van der Waals surface area (Å²) in [6.45, 7) is 0. The fourth-order valence-electron chi connectivity index (χ4n) is 1.66. The molecule has 1 aliphatic rings. The number of hydrogen-bond donors (Lipinski definition) is 1. The van der Waals surface area contributed by atoms with Crippen LogP contribution in [0.2, 0.25) is 0 Å². The van der Waals surface area contributed by atoms with Gasteiger partial charge < -0.3 is 5.11 Å². The highest BCUT2D eigenvalue weighted by atomic mass is 79.9. The normalized spacial score (nSPS) is 17.5. The van der Waals surface area contributed by atoms with Gasteiger partial charge in [-0.05, 0) is 43.0 Å². The lowest BCUT2D eigenvalue weighted by molar-refractivity contribution is -0.143. The van der Waals surface area contributed by atoms with E-state index in [1.165, 1.54) is 12.1 Å². The summed E-state index contributed by atoms with van der Waals surface area (Å²) in [4.78, 5) is 11.0. The van der Waals surface area contributed by atoms with Crippen molar-refractivity contribution in [3.63, 3.8) is 0 Å². The fourth-order valence-corrected chi connectivity index (χ4v) is 2.05. The molecule has 0 aromatic heterocycles. The van der Waals surface area contributed by atoms with Crippen molar-refractivity contribution in [1.29, 1.82) is 0 Å². The Bertz CT molecular complexity index is 413. The predicted octanol–water partition coefficient (Wildman–Crippen LogP) is 3.00. The molecule has 0 bridgehead atoms. The van der Waals surface area contributed by atoms with E-state index < -0.39 is 11.4 Å². The molecule has 0 amide bonds. The number of carboxylic acid groups (broad SMARTS) is 1. The Morgan fingerprint density at radius 1 is 1.53 bits per heavy atom. The van der Waals surface area contributed by atoms with Crippen molar-refractivity contribution in [2.75, 3.05) is 0 Å². The summed E-state index contributed by atoms with van der Waals surface area (Å²) < 4.78 is 13.8. The summed E-state index contributed by atoms with van der Waals surface area (Å²) in [5.41, 5.74) is 0.0888. The molecular formula is C11H10BrFO2. The lowest BCUT2D eigenvalue weighted by Crippen LogP contribution is -2.17. The number of halogens is 2. The third-order valence-electron chi connectivity index (χ3n) is 2.84. The molecule has 0 aliphatic heterocycles. The van der Waals surface area contributed by atoms with Gasteiger partial charge in [0.2, 0.25) is 0 Å². The molecule has 15 heavy (non-hydrogen) atoms. The molecule has 4 heteroatoms. The van der Waals surface area contributed by atoms with Gasteiger partial charge in [-0.2, -0.15) is 0 Å². The molecular weight excluding hydrogens is 263 g/mol. The molecule has 0 saturated heterocycles. The van der Waals surface area contributed by atoms with Gasteiger partial charge in [-0.3, -0.25) is 4.79 Å². The first-order valence-electron chi connectivity index (χ1n) is 4.71. The van der Waals surface area contributed by atoms with Crippen molar-refractivity contribution in [1.82, 2.24) is 0 Å². The van der Waals surface area contributed by atoms with Crippen molar-refractivity contribution >= 4 is 21.9 Å². The van der Waals surface area contributed by atoms with Gasteiger partial charge in [-0.25, -0.2) is 4.39 Å².